The molecular weight excluding hydrogens is 274 g/mol. The number of rotatable bonds is 3. The third-order valence-corrected chi connectivity index (χ3v) is 3.76. The molecule has 0 amide bonds. The zero-order valence-electron chi connectivity index (χ0n) is 11.0. The van der Waals surface area contributed by atoms with Crippen LogP contribution in [0.2, 0.25) is 5.02 Å². The summed E-state index contributed by atoms with van der Waals surface area (Å²) in [5.41, 5.74) is 2.49. The lowest BCUT2D eigenvalue weighted by Crippen LogP contribution is -2.03. The Kier molecular flexibility index (Phi) is 3.47. The van der Waals surface area contributed by atoms with Gasteiger partial charge in [0.15, 0.2) is 0 Å². The second-order valence-electron chi connectivity index (χ2n) is 4.76. The number of furan rings is 1. The molecule has 0 aliphatic rings. The van der Waals surface area contributed by atoms with Crippen LogP contribution in [-0.4, -0.2) is 10.1 Å². The lowest BCUT2D eigenvalue weighted by atomic mass is 9.99. The van der Waals surface area contributed by atoms with Crippen molar-refractivity contribution in [3.05, 3.63) is 64.6 Å². The molecule has 0 aliphatic heterocycles. The number of benzene rings is 1. The maximum atomic E-state index is 10.5. The average molecular weight is 288 g/mol. The molecule has 4 heteroatoms. The quantitative estimate of drug-likeness (QED) is 0.790. The molecule has 3 rings (SSSR count). The Morgan fingerprint density at radius 3 is 2.90 bits per heavy atom. The standard InChI is InChI=1S/C16H14ClNO2/c1-10-16(12-4-2-3-5-15(12)20-10)14(19)8-11-6-7-18-9-13(11)17/h2-7,9,14,19H,8H2,1H3. The predicted octanol–water partition coefficient (Wildman–Crippen LogP) is 4.07. The van der Waals surface area contributed by atoms with Crippen LogP contribution >= 0.6 is 11.6 Å². The Bertz CT molecular complexity index is 751. The Balaban J connectivity index is 1.99. The smallest absolute Gasteiger partial charge is 0.134 e. The van der Waals surface area contributed by atoms with Crippen molar-refractivity contribution in [2.75, 3.05) is 0 Å². The second-order valence-corrected chi connectivity index (χ2v) is 5.16. The minimum Gasteiger partial charge on any atom is -0.461 e. The van der Waals surface area contributed by atoms with Crippen molar-refractivity contribution >= 4 is 22.6 Å². The molecule has 20 heavy (non-hydrogen) atoms. The molecule has 0 fully saturated rings. The third-order valence-electron chi connectivity index (χ3n) is 3.42. The van der Waals surface area contributed by atoms with Crippen LogP contribution in [0.5, 0.6) is 0 Å². The van der Waals surface area contributed by atoms with E-state index < -0.39 is 6.10 Å². The average Bonchev–Trinajstić information content (AvgIpc) is 2.77. The molecule has 2 heterocycles. The third kappa shape index (κ3) is 2.30. The number of pyridine rings is 1. The van der Waals surface area contributed by atoms with Gasteiger partial charge in [-0.2, -0.15) is 0 Å². The zero-order valence-corrected chi connectivity index (χ0v) is 11.8. The topological polar surface area (TPSA) is 46.3 Å². The fourth-order valence-electron chi connectivity index (χ4n) is 2.48. The van der Waals surface area contributed by atoms with E-state index in [1.807, 2.05) is 37.3 Å². The van der Waals surface area contributed by atoms with Gasteiger partial charge in [0.05, 0.1) is 11.1 Å². The number of aromatic nitrogens is 1. The van der Waals surface area contributed by atoms with Crippen molar-refractivity contribution in [1.29, 1.82) is 0 Å². The van der Waals surface area contributed by atoms with Gasteiger partial charge in [0.25, 0.3) is 0 Å². The number of nitrogens with zero attached hydrogens (tertiary/aromatic N) is 1. The van der Waals surface area contributed by atoms with Crippen LogP contribution in [0.15, 0.2) is 47.1 Å². The fourth-order valence-corrected chi connectivity index (χ4v) is 2.68. The number of fused-ring (bicyclic) bond motifs is 1. The van der Waals surface area contributed by atoms with Gasteiger partial charge in [-0.15, -0.1) is 0 Å². The van der Waals surface area contributed by atoms with Crippen molar-refractivity contribution in [2.45, 2.75) is 19.4 Å². The summed E-state index contributed by atoms with van der Waals surface area (Å²) in [6.45, 7) is 1.87. The number of aryl methyl sites for hydroxylation is 1. The Labute approximate surface area is 121 Å². The summed E-state index contributed by atoms with van der Waals surface area (Å²) in [5, 5.41) is 12.0. The first kappa shape index (κ1) is 13.2. The van der Waals surface area contributed by atoms with Crippen LogP contribution < -0.4 is 0 Å². The van der Waals surface area contributed by atoms with Crippen molar-refractivity contribution in [3.8, 4) is 0 Å². The first-order valence-corrected chi connectivity index (χ1v) is 6.79. The van der Waals surface area contributed by atoms with Crippen LogP contribution in [0, 0.1) is 6.92 Å². The van der Waals surface area contributed by atoms with E-state index in [2.05, 4.69) is 4.98 Å². The molecule has 0 aliphatic carbocycles. The Morgan fingerprint density at radius 2 is 2.10 bits per heavy atom. The maximum absolute atomic E-state index is 10.5. The number of hydrogen-bond donors (Lipinski definition) is 1. The minimum atomic E-state index is -0.654. The molecule has 3 nitrogen and oxygen atoms in total. The molecule has 1 atom stereocenters. The summed E-state index contributed by atoms with van der Waals surface area (Å²) in [6, 6.07) is 9.54. The van der Waals surface area contributed by atoms with Crippen LogP contribution in [0.1, 0.15) is 23.0 Å². The van der Waals surface area contributed by atoms with E-state index in [1.54, 1.807) is 12.4 Å². The number of hydrogen-bond acceptors (Lipinski definition) is 3. The predicted molar refractivity (Wildman–Crippen MR) is 78.9 cm³/mol. The molecule has 0 spiro atoms. The summed E-state index contributed by atoms with van der Waals surface area (Å²) in [5.74, 6) is 0.740. The van der Waals surface area contributed by atoms with Gasteiger partial charge in [-0.1, -0.05) is 29.8 Å². The monoisotopic (exact) mass is 287 g/mol. The van der Waals surface area contributed by atoms with E-state index in [0.29, 0.717) is 11.4 Å². The molecule has 1 aromatic carbocycles. The maximum Gasteiger partial charge on any atom is 0.134 e. The summed E-state index contributed by atoms with van der Waals surface area (Å²) >= 11 is 6.09. The van der Waals surface area contributed by atoms with Gasteiger partial charge in [0.2, 0.25) is 0 Å². The van der Waals surface area contributed by atoms with Crippen LogP contribution in [-0.2, 0) is 6.42 Å². The molecule has 3 aromatic rings. The number of halogens is 1. The largest absolute Gasteiger partial charge is 0.461 e. The number of para-hydroxylation sites is 1. The molecule has 0 saturated carbocycles. The zero-order chi connectivity index (χ0) is 14.1. The summed E-state index contributed by atoms with van der Waals surface area (Å²) in [6.07, 6.45) is 3.04. The van der Waals surface area contributed by atoms with Gasteiger partial charge in [-0.3, -0.25) is 4.98 Å². The van der Waals surface area contributed by atoms with Gasteiger partial charge >= 0.3 is 0 Å². The highest BCUT2D eigenvalue weighted by molar-refractivity contribution is 6.31. The fraction of sp³-hybridized carbons (Fsp3) is 0.188. The molecule has 1 N–H and O–H groups in total. The number of aliphatic hydroxyl groups is 1. The Morgan fingerprint density at radius 1 is 1.30 bits per heavy atom. The summed E-state index contributed by atoms with van der Waals surface area (Å²) in [4.78, 5) is 3.95. The minimum absolute atomic E-state index is 0.436. The first-order valence-electron chi connectivity index (χ1n) is 6.41. The number of aliphatic hydroxyl groups excluding tert-OH is 1. The van der Waals surface area contributed by atoms with E-state index in [9.17, 15) is 5.11 Å². The van der Waals surface area contributed by atoms with E-state index in [1.165, 1.54) is 0 Å². The van der Waals surface area contributed by atoms with Crippen LogP contribution in [0.25, 0.3) is 11.0 Å². The highest BCUT2D eigenvalue weighted by Gasteiger charge is 2.19. The molecule has 2 aromatic heterocycles. The van der Waals surface area contributed by atoms with E-state index in [0.717, 1.165) is 27.9 Å². The van der Waals surface area contributed by atoms with Crippen molar-refractivity contribution in [3.63, 3.8) is 0 Å². The first-order chi connectivity index (χ1) is 9.66. The molecular formula is C16H14ClNO2. The lowest BCUT2D eigenvalue weighted by Gasteiger charge is -2.11. The van der Waals surface area contributed by atoms with E-state index in [4.69, 9.17) is 16.0 Å². The normalized spacial score (nSPS) is 12.8. The van der Waals surface area contributed by atoms with Crippen molar-refractivity contribution in [2.24, 2.45) is 0 Å². The SMILES string of the molecule is Cc1oc2ccccc2c1C(O)Cc1ccncc1Cl. The van der Waals surface area contributed by atoms with Gasteiger partial charge in [0, 0.05) is 29.8 Å². The summed E-state index contributed by atoms with van der Waals surface area (Å²) in [7, 11) is 0. The van der Waals surface area contributed by atoms with Gasteiger partial charge in [0.1, 0.15) is 11.3 Å². The lowest BCUT2D eigenvalue weighted by molar-refractivity contribution is 0.177. The van der Waals surface area contributed by atoms with Crippen molar-refractivity contribution in [1.82, 2.24) is 4.98 Å². The molecule has 0 bridgehead atoms. The molecule has 0 saturated heterocycles. The molecule has 102 valence electrons. The Hall–Kier alpha value is -1.84. The van der Waals surface area contributed by atoms with Crippen LogP contribution in [0.4, 0.5) is 0 Å². The second kappa shape index (κ2) is 5.27. The molecule has 0 radical (unpaired) electrons. The molecule has 1 unspecified atom stereocenters. The van der Waals surface area contributed by atoms with Crippen molar-refractivity contribution < 1.29 is 9.52 Å². The summed E-state index contributed by atoms with van der Waals surface area (Å²) < 4.78 is 5.68. The van der Waals surface area contributed by atoms with Gasteiger partial charge < -0.3 is 9.52 Å². The van der Waals surface area contributed by atoms with Gasteiger partial charge in [-0.05, 0) is 24.6 Å². The van der Waals surface area contributed by atoms with E-state index >= 15 is 0 Å². The highest BCUT2D eigenvalue weighted by atomic mass is 35.5. The van der Waals surface area contributed by atoms with Crippen LogP contribution in [0.3, 0.4) is 0 Å². The van der Waals surface area contributed by atoms with E-state index in [-0.39, 0.29) is 0 Å². The highest BCUT2D eigenvalue weighted by Crippen LogP contribution is 2.32. The van der Waals surface area contributed by atoms with Gasteiger partial charge in [-0.25, -0.2) is 0 Å².